The Balaban J connectivity index is 1.17. The Hall–Kier alpha value is -8.63. The molecule has 0 aromatic carbocycles. The van der Waals surface area contributed by atoms with Gasteiger partial charge in [-0.2, -0.15) is 0 Å². The third kappa shape index (κ3) is 9.17. The number of H-pyrrole nitrogens is 2. The van der Waals surface area contributed by atoms with Gasteiger partial charge in [0.1, 0.15) is 5.76 Å². The molecule has 0 spiro atoms. The van der Waals surface area contributed by atoms with Crippen LogP contribution in [0.5, 0.6) is 0 Å². The van der Waals surface area contributed by atoms with Gasteiger partial charge in [-0.3, -0.25) is 9.59 Å². The summed E-state index contributed by atoms with van der Waals surface area (Å²) in [5, 5.41) is 38.0. The Kier molecular flexibility index (Phi) is 13.9. The molecule has 2 aromatic rings. The maximum atomic E-state index is 13.4. The molecular weight excluding hydrogens is 1080 g/mol. The average molecular weight is 1160 g/mol. The highest BCUT2D eigenvalue weighted by molar-refractivity contribution is 6.70. The Morgan fingerprint density at radius 2 is 1.35 bits per heavy atom. The van der Waals surface area contributed by atoms with Gasteiger partial charge in [-0.05, 0) is 168 Å². The fraction of sp³-hybridized carbons (Fsp3) is 0.348. The SMILES string of the molecule is C=CC1=C(C)C2=NC1=CC1=NC(=CC3=C(C)C4=C(O)C(OC5=C(O[Si](C)(C)C)c6c(C)c7cc8nc(cc9nc(cc%10[nH]c(c5c6[nH]7)[C@@H](CCC(=O)O)[C@@H]%10C)C(C)=C9C=C)C(C)=C8CC)C(=C5NC(=C2)[C@@H](C)[C@@H]5CCC(=O)O)C4=N3)C(CC)=C1C. The van der Waals surface area contributed by atoms with Crippen LogP contribution in [0.15, 0.2) is 150 Å². The molecule has 5 atom stereocenters. The predicted molar refractivity (Wildman–Crippen MR) is 341 cm³/mol. The lowest BCUT2D eigenvalue weighted by molar-refractivity contribution is -0.138. The van der Waals surface area contributed by atoms with Gasteiger partial charge in [0.05, 0.1) is 68.1 Å². The van der Waals surface area contributed by atoms with E-state index in [-0.39, 0.29) is 49.2 Å². The number of nitrogens with one attached hydrogen (secondary N) is 3. The fourth-order valence-corrected chi connectivity index (χ4v) is 14.8. The lowest BCUT2D eigenvalue weighted by Crippen LogP contribution is -2.26. The maximum Gasteiger partial charge on any atom is 0.303 e. The summed E-state index contributed by atoms with van der Waals surface area (Å²) >= 11 is 0. The number of aromatic nitrogens is 4. The van der Waals surface area contributed by atoms with E-state index in [1.165, 1.54) is 0 Å². The van der Waals surface area contributed by atoms with E-state index in [1.54, 1.807) is 0 Å². The second-order valence-corrected chi connectivity index (χ2v) is 29.2. The van der Waals surface area contributed by atoms with E-state index >= 15 is 0 Å². The van der Waals surface area contributed by atoms with Gasteiger partial charge in [-0.15, -0.1) is 0 Å². The summed E-state index contributed by atoms with van der Waals surface area (Å²) in [7, 11) is -2.57. The van der Waals surface area contributed by atoms with Crippen molar-refractivity contribution in [1.82, 2.24) is 25.3 Å². The summed E-state index contributed by atoms with van der Waals surface area (Å²) in [6.45, 7) is 35.6. The number of aliphatic carboxylic acids is 2. The van der Waals surface area contributed by atoms with Crippen LogP contribution in [0.25, 0.3) is 44.8 Å². The quantitative estimate of drug-likeness (QED) is 0.0983. The zero-order valence-electron chi connectivity index (χ0n) is 50.9. The molecule has 16 heteroatoms. The summed E-state index contributed by atoms with van der Waals surface area (Å²) in [4.78, 5) is 59.6. The number of hydrogen-bond acceptors (Lipinski definition) is 11. The largest absolute Gasteiger partial charge is 0.541 e. The molecule has 1 fully saturated rings. The van der Waals surface area contributed by atoms with Crippen LogP contribution < -0.4 is 5.32 Å². The van der Waals surface area contributed by atoms with Crippen molar-refractivity contribution in [2.24, 2.45) is 26.8 Å². The summed E-state index contributed by atoms with van der Waals surface area (Å²) in [5.41, 5.74) is 24.2. The molecule has 8 aliphatic heterocycles. The molecule has 1 unspecified atom stereocenters. The summed E-state index contributed by atoms with van der Waals surface area (Å²) in [6, 6.07) is 6.23. The monoisotopic (exact) mass is 1150 g/mol. The van der Waals surface area contributed by atoms with Crippen LogP contribution in [0.3, 0.4) is 0 Å². The van der Waals surface area contributed by atoms with Crippen LogP contribution in [0.4, 0.5) is 0 Å². The van der Waals surface area contributed by atoms with Crippen LogP contribution in [0, 0.1) is 18.8 Å². The number of aromatic amines is 2. The highest BCUT2D eigenvalue weighted by atomic mass is 28.4. The predicted octanol–water partition coefficient (Wildman–Crippen LogP) is 15.3. The van der Waals surface area contributed by atoms with Gasteiger partial charge in [0.15, 0.2) is 17.6 Å². The number of ether oxygens (including phenoxy) is 1. The van der Waals surface area contributed by atoms with Gasteiger partial charge in [0.2, 0.25) is 8.32 Å². The average Bonchev–Trinajstić information content (AvgIpc) is 1.63. The standard InChI is InChI=1S/C69H74N8O7Si/c1-16-38-30(5)44-24-48-34(9)42(20-22-56(78)79)62(74-48)60-64-58(36(11)50(76-64)28-54-40(18-3)32(7)46(72-54)26-52(38)70-44)66(82)67(60)83-68-61-63-43(21-23-57(80)81)35(10)49(75-63)25-45-31(6)39(17-2)53(71-45)27-47-33(8)41(19-4)55(73-47)29-51-37(12)59(65(61)77-51)69(68)84-85(13,14)15/h16-17,24-29,34-35,42-43,67,74-75,77,82H,1-2,18-23H2,3-15H3,(H,78,79)(H,80,81)/t34-,35-,42-,43-,67?/m0/s1. The molecule has 15 nitrogen and oxygen atoms in total. The summed E-state index contributed by atoms with van der Waals surface area (Å²) in [6.07, 6.45) is 10.3. The molecule has 436 valence electrons. The maximum absolute atomic E-state index is 13.4. The van der Waals surface area contributed by atoms with Crippen LogP contribution in [-0.4, -0.2) is 78.8 Å². The molecule has 1 saturated heterocycles. The van der Waals surface area contributed by atoms with E-state index in [0.717, 1.165) is 148 Å². The van der Waals surface area contributed by atoms with E-state index in [2.05, 4.69) is 109 Å². The third-order valence-corrected chi connectivity index (χ3v) is 19.5. The summed E-state index contributed by atoms with van der Waals surface area (Å²) in [5.74, 6) is -2.27. The van der Waals surface area contributed by atoms with E-state index < -0.39 is 32.3 Å². The lowest BCUT2D eigenvalue weighted by Gasteiger charge is -2.26. The Morgan fingerprint density at radius 3 is 2.02 bits per heavy atom. The molecule has 0 radical (unpaired) electrons. The first-order valence-electron chi connectivity index (χ1n) is 29.7. The molecular formula is C69H74N8O7Si. The first-order valence-corrected chi connectivity index (χ1v) is 33.1. The third-order valence-electron chi connectivity index (χ3n) is 18.7. The van der Waals surface area contributed by atoms with Gasteiger partial charge in [0.25, 0.3) is 0 Å². The Bertz CT molecular complexity index is 4210. The highest BCUT2D eigenvalue weighted by Crippen LogP contribution is 2.54. The molecule has 2 aromatic heterocycles. The minimum Gasteiger partial charge on any atom is -0.541 e. The molecule has 85 heavy (non-hydrogen) atoms. The Morgan fingerprint density at radius 1 is 0.694 bits per heavy atom. The molecule has 0 amide bonds. The number of hydrogen-bond donors (Lipinski definition) is 6. The van der Waals surface area contributed by atoms with E-state index in [9.17, 15) is 24.9 Å². The van der Waals surface area contributed by atoms with E-state index in [0.29, 0.717) is 45.3 Å². The number of fused-ring (bicyclic) bond motifs is 13. The minimum absolute atomic E-state index is 0.0583. The first-order chi connectivity index (χ1) is 40.4. The van der Waals surface area contributed by atoms with Gasteiger partial charge >= 0.3 is 11.9 Å². The fourth-order valence-electron chi connectivity index (χ4n) is 14.0. The number of nitrogens with zero attached hydrogens (tertiary/aromatic N) is 5. The molecule has 16 bridgehead atoms. The number of carboxylic acid groups (broad SMARTS) is 2. The minimum atomic E-state index is -2.57. The van der Waals surface area contributed by atoms with Crippen molar-refractivity contribution in [2.75, 3.05) is 0 Å². The molecule has 10 aliphatic rings. The lowest BCUT2D eigenvalue weighted by atomic mass is 9.85. The van der Waals surface area contributed by atoms with Crippen molar-refractivity contribution >= 4 is 82.2 Å². The van der Waals surface area contributed by atoms with Crippen molar-refractivity contribution in [2.45, 2.75) is 145 Å². The van der Waals surface area contributed by atoms with Crippen LogP contribution in [0.1, 0.15) is 164 Å². The van der Waals surface area contributed by atoms with Crippen LogP contribution in [0.2, 0.25) is 19.6 Å². The number of carboxylic acids is 2. The number of aliphatic imine (C=N–C) groups is 3. The van der Waals surface area contributed by atoms with Crippen molar-refractivity contribution in [3.63, 3.8) is 0 Å². The summed E-state index contributed by atoms with van der Waals surface area (Å²) < 4.78 is 15.2. The topological polar surface area (TPSA) is 220 Å². The van der Waals surface area contributed by atoms with Gasteiger partial charge in [0, 0.05) is 92.7 Å². The number of aryl methyl sites for hydroxylation is 1. The van der Waals surface area contributed by atoms with E-state index in [4.69, 9.17) is 34.1 Å². The molecule has 2 aliphatic carbocycles. The van der Waals surface area contributed by atoms with E-state index in [1.807, 2.05) is 57.2 Å². The highest BCUT2D eigenvalue weighted by Gasteiger charge is 2.50. The number of rotatable bonds is 14. The number of allylic oxidation sites excluding steroid dienone is 16. The smallest absolute Gasteiger partial charge is 0.303 e. The first kappa shape index (κ1) is 56.8. The van der Waals surface area contributed by atoms with Gasteiger partial charge < -0.3 is 39.8 Å². The van der Waals surface area contributed by atoms with Crippen molar-refractivity contribution < 1.29 is 34.1 Å². The number of aliphatic hydroxyl groups excluding tert-OH is 1. The van der Waals surface area contributed by atoms with Crippen molar-refractivity contribution in [3.05, 3.63) is 186 Å². The Labute approximate surface area is 497 Å². The molecule has 6 N–H and O–H groups in total. The normalized spacial score (nSPS) is 22.8. The molecule has 10 heterocycles. The van der Waals surface area contributed by atoms with Crippen molar-refractivity contribution in [1.29, 1.82) is 0 Å². The molecule has 12 rings (SSSR count). The zero-order chi connectivity index (χ0) is 60.6. The second kappa shape index (κ2) is 20.9. The van der Waals surface area contributed by atoms with Gasteiger partial charge in [-0.1, -0.05) is 53.0 Å². The van der Waals surface area contributed by atoms with Crippen molar-refractivity contribution in [3.8, 4) is 0 Å². The van der Waals surface area contributed by atoms with Crippen LogP contribution >= 0.6 is 0 Å². The number of aliphatic hydroxyl groups is 1. The zero-order valence-corrected chi connectivity index (χ0v) is 51.9. The van der Waals surface area contributed by atoms with Gasteiger partial charge in [-0.25, -0.2) is 24.9 Å². The number of carbonyl (C=O) groups is 2. The second-order valence-electron chi connectivity index (χ2n) is 24.7. The van der Waals surface area contributed by atoms with Crippen LogP contribution in [-0.2, 0) is 18.8 Å². The molecule has 0 saturated carbocycles.